The van der Waals surface area contributed by atoms with Gasteiger partial charge in [-0.05, 0) is 48.2 Å². The molecule has 0 bridgehead atoms. The molecule has 0 radical (unpaired) electrons. The number of methoxy groups -OCH3 is 2. The molecule has 2 aromatic carbocycles. The highest BCUT2D eigenvalue weighted by molar-refractivity contribution is 6.35. The van der Waals surface area contributed by atoms with Crippen LogP contribution in [-0.4, -0.2) is 19.3 Å². The Hall–Kier alpha value is -1.58. The fourth-order valence-corrected chi connectivity index (χ4v) is 2.60. The van der Waals surface area contributed by atoms with E-state index in [1.165, 1.54) is 14.2 Å². The van der Waals surface area contributed by atoms with E-state index >= 15 is 0 Å². The Labute approximate surface area is 134 Å². The van der Waals surface area contributed by atoms with Crippen molar-refractivity contribution < 1.29 is 14.6 Å². The van der Waals surface area contributed by atoms with Crippen molar-refractivity contribution in [2.24, 2.45) is 0 Å². The van der Waals surface area contributed by atoms with Gasteiger partial charge in [-0.25, -0.2) is 0 Å². The summed E-state index contributed by atoms with van der Waals surface area (Å²) in [6.07, 6.45) is 1.50. The molecule has 2 rings (SSSR count). The predicted octanol–water partition coefficient (Wildman–Crippen LogP) is 4.50. The SMILES string of the molecule is COc1cc(CCc2ccc(Cl)cc2Cl)cc(OC)c1O. The maximum atomic E-state index is 9.89. The van der Waals surface area contributed by atoms with Gasteiger partial charge in [0.05, 0.1) is 14.2 Å². The zero-order chi connectivity index (χ0) is 15.4. The zero-order valence-electron chi connectivity index (χ0n) is 11.8. The van der Waals surface area contributed by atoms with Crippen molar-refractivity contribution in [1.29, 1.82) is 0 Å². The van der Waals surface area contributed by atoms with Crippen LogP contribution in [0.2, 0.25) is 10.0 Å². The molecule has 0 aromatic heterocycles. The summed E-state index contributed by atoms with van der Waals surface area (Å²) in [4.78, 5) is 0. The number of aromatic hydroxyl groups is 1. The summed E-state index contributed by atoms with van der Waals surface area (Å²) >= 11 is 12.0. The van der Waals surface area contributed by atoms with E-state index in [1.54, 1.807) is 18.2 Å². The van der Waals surface area contributed by atoms with Crippen molar-refractivity contribution in [2.75, 3.05) is 14.2 Å². The minimum Gasteiger partial charge on any atom is -0.502 e. The summed E-state index contributed by atoms with van der Waals surface area (Å²) in [5.41, 5.74) is 2.01. The Morgan fingerprint density at radius 1 is 0.952 bits per heavy atom. The molecule has 0 spiro atoms. The molecular formula is C16H16Cl2O3. The minimum absolute atomic E-state index is 0.00766. The van der Waals surface area contributed by atoms with E-state index in [4.69, 9.17) is 32.7 Å². The van der Waals surface area contributed by atoms with Crippen LogP contribution in [0.1, 0.15) is 11.1 Å². The third-order valence-electron chi connectivity index (χ3n) is 3.24. The van der Waals surface area contributed by atoms with E-state index in [0.29, 0.717) is 21.5 Å². The second kappa shape index (κ2) is 6.92. The van der Waals surface area contributed by atoms with Crippen LogP contribution in [0, 0.1) is 0 Å². The fourth-order valence-electron chi connectivity index (χ4n) is 2.10. The van der Waals surface area contributed by atoms with Gasteiger partial charge in [0.1, 0.15) is 0 Å². The lowest BCUT2D eigenvalue weighted by Gasteiger charge is -2.11. The van der Waals surface area contributed by atoms with E-state index in [9.17, 15) is 5.11 Å². The normalized spacial score (nSPS) is 10.5. The molecule has 0 amide bonds. The zero-order valence-corrected chi connectivity index (χ0v) is 13.3. The van der Waals surface area contributed by atoms with Crippen molar-refractivity contribution >= 4 is 23.2 Å². The standard InChI is InChI=1S/C16H16Cl2O3/c1-20-14-7-10(8-15(21-2)16(14)19)3-4-11-5-6-12(17)9-13(11)18/h5-9,19H,3-4H2,1-2H3. The Kier molecular flexibility index (Phi) is 5.21. The van der Waals surface area contributed by atoms with Crippen LogP contribution < -0.4 is 9.47 Å². The molecule has 21 heavy (non-hydrogen) atoms. The summed E-state index contributed by atoms with van der Waals surface area (Å²) in [7, 11) is 3.02. The van der Waals surface area contributed by atoms with Crippen LogP contribution in [0.25, 0.3) is 0 Å². The lowest BCUT2D eigenvalue weighted by Crippen LogP contribution is -1.96. The molecule has 0 unspecified atom stereocenters. The second-order valence-corrected chi connectivity index (χ2v) is 5.43. The van der Waals surface area contributed by atoms with Crippen molar-refractivity contribution in [3.05, 3.63) is 51.5 Å². The Morgan fingerprint density at radius 3 is 2.10 bits per heavy atom. The molecule has 112 valence electrons. The molecule has 0 aliphatic rings. The average Bonchev–Trinajstić information content (AvgIpc) is 2.47. The Balaban J connectivity index is 2.19. The van der Waals surface area contributed by atoms with Crippen LogP contribution in [-0.2, 0) is 12.8 Å². The van der Waals surface area contributed by atoms with Crippen molar-refractivity contribution in [3.8, 4) is 17.2 Å². The molecule has 0 aliphatic carbocycles. The average molecular weight is 327 g/mol. The van der Waals surface area contributed by atoms with E-state index in [1.807, 2.05) is 12.1 Å². The summed E-state index contributed by atoms with van der Waals surface area (Å²) in [6.45, 7) is 0. The number of halogens is 2. The molecule has 0 aliphatic heterocycles. The Morgan fingerprint density at radius 2 is 1.57 bits per heavy atom. The van der Waals surface area contributed by atoms with Gasteiger partial charge in [0.2, 0.25) is 5.75 Å². The largest absolute Gasteiger partial charge is 0.502 e. The first-order chi connectivity index (χ1) is 10.0. The molecule has 5 heteroatoms. The number of ether oxygens (including phenoxy) is 2. The molecule has 3 nitrogen and oxygen atoms in total. The number of phenols is 1. The third kappa shape index (κ3) is 3.74. The van der Waals surface area contributed by atoms with Gasteiger partial charge in [-0.1, -0.05) is 29.3 Å². The maximum absolute atomic E-state index is 9.89. The summed E-state index contributed by atoms with van der Waals surface area (Å²) in [6, 6.07) is 9.06. The molecule has 0 saturated heterocycles. The maximum Gasteiger partial charge on any atom is 0.200 e. The third-order valence-corrected chi connectivity index (χ3v) is 3.82. The molecule has 0 atom stereocenters. The van der Waals surface area contributed by atoms with Gasteiger partial charge in [-0.15, -0.1) is 0 Å². The molecule has 0 heterocycles. The van der Waals surface area contributed by atoms with Crippen LogP contribution in [0.4, 0.5) is 0 Å². The van der Waals surface area contributed by atoms with E-state index < -0.39 is 0 Å². The van der Waals surface area contributed by atoms with Crippen LogP contribution in [0.5, 0.6) is 17.2 Å². The molecule has 2 aromatic rings. The molecule has 0 saturated carbocycles. The Bertz CT molecular complexity index is 616. The van der Waals surface area contributed by atoms with E-state index in [-0.39, 0.29) is 5.75 Å². The summed E-state index contributed by atoms with van der Waals surface area (Å²) in [5.74, 6) is 0.798. The number of aryl methyl sites for hydroxylation is 2. The van der Waals surface area contributed by atoms with E-state index in [0.717, 1.165) is 24.0 Å². The van der Waals surface area contributed by atoms with Crippen LogP contribution >= 0.6 is 23.2 Å². The van der Waals surface area contributed by atoms with Crippen LogP contribution in [0.3, 0.4) is 0 Å². The summed E-state index contributed by atoms with van der Waals surface area (Å²) < 4.78 is 10.3. The first-order valence-corrected chi connectivity index (χ1v) is 7.18. The highest BCUT2D eigenvalue weighted by Crippen LogP contribution is 2.37. The van der Waals surface area contributed by atoms with Gasteiger partial charge < -0.3 is 14.6 Å². The second-order valence-electron chi connectivity index (χ2n) is 4.58. The number of phenolic OH excluding ortho intramolecular Hbond substituents is 1. The van der Waals surface area contributed by atoms with Gasteiger partial charge in [0.25, 0.3) is 0 Å². The fraction of sp³-hybridized carbons (Fsp3) is 0.250. The number of benzene rings is 2. The van der Waals surface area contributed by atoms with Crippen molar-refractivity contribution in [2.45, 2.75) is 12.8 Å². The van der Waals surface area contributed by atoms with Gasteiger partial charge in [0, 0.05) is 10.0 Å². The number of hydrogen-bond acceptors (Lipinski definition) is 3. The monoisotopic (exact) mass is 326 g/mol. The quantitative estimate of drug-likeness (QED) is 0.879. The molecule has 0 fully saturated rings. The number of hydrogen-bond donors (Lipinski definition) is 1. The number of rotatable bonds is 5. The van der Waals surface area contributed by atoms with Crippen molar-refractivity contribution in [3.63, 3.8) is 0 Å². The molecular weight excluding hydrogens is 311 g/mol. The van der Waals surface area contributed by atoms with Crippen LogP contribution in [0.15, 0.2) is 30.3 Å². The lowest BCUT2D eigenvalue weighted by atomic mass is 10.0. The minimum atomic E-state index is 0.00766. The van der Waals surface area contributed by atoms with Gasteiger partial charge in [0.15, 0.2) is 11.5 Å². The predicted molar refractivity (Wildman–Crippen MR) is 85.1 cm³/mol. The molecule has 1 N–H and O–H groups in total. The first-order valence-electron chi connectivity index (χ1n) is 6.43. The smallest absolute Gasteiger partial charge is 0.200 e. The van der Waals surface area contributed by atoms with Gasteiger partial charge >= 0.3 is 0 Å². The first kappa shape index (κ1) is 15.8. The topological polar surface area (TPSA) is 38.7 Å². The van der Waals surface area contributed by atoms with Gasteiger partial charge in [-0.2, -0.15) is 0 Å². The van der Waals surface area contributed by atoms with E-state index in [2.05, 4.69) is 0 Å². The highest BCUT2D eigenvalue weighted by atomic mass is 35.5. The van der Waals surface area contributed by atoms with Crippen molar-refractivity contribution in [1.82, 2.24) is 0 Å². The lowest BCUT2D eigenvalue weighted by molar-refractivity contribution is 0.339. The highest BCUT2D eigenvalue weighted by Gasteiger charge is 2.11. The van der Waals surface area contributed by atoms with Gasteiger partial charge in [-0.3, -0.25) is 0 Å². The summed E-state index contributed by atoms with van der Waals surface area (Å²) in [5, 5.41) is 11.2.